The maximum atomic E-state index is 12.2. The van der Waals surface area contributed by atoms with Crippen molar-refractivity contribution in [3.63, 3.8) is 0 Å². The van der Waals surface area contributed by atoms with E-state index >= 15 is 0 Å². The second kappa shape index (κ2) is 11.8. The normalized spacial score (nSPS) is 21.1. The van der Waals surface area contributed by atoms with Crippen LogP contribution in [-0.2, 0) is 27.4 Å². The maximum absolute atomic E-state index is 12.2. The number of rotatable bonds is 4. The monoisotopic (exact) mass is 557 g/mol. The molecule has 1 unspecified atom stereocenters. The number of piperidine rings is 1. The van der Waals surface area contributed by atoms with Crippen molar-refractivity contribution in [1.82, 2.24) is 20.1 Å². The molecule has 0 aliphatic carbocycles. The number of morpholine rings is 1. The van der Waals surface area contributed by atoms with E-state index in [0.29, 0.717) is 17.5 Å². The number of benzene rings is 2. The Morgan fingerprint density at radius 3 is 2.54 bits per heavy atom. The van der Waals surface area contributed by atoms with Gasteiger partial charge < -0.3 is 19.6 Å². The van der Waals surface area contributed by atoms with E-state index in [1.165, 1.54) is 53.9 Å². The van der Waals surface area contributed by atoms with Gasteiger partial charge in [0, 0.05) is 43.5 Å². The van der Waals surface area contributed by atoms with Gasteiger partial charge in [0.05, 0.1) is 18.7 Å². The summed E-state index contributed by atoms with van der Waals surface area (Å²) in [6.45, 7) is 7.31. The van der Waals surface area contributed by atoms with E-state index in [4.69, 9.17) is 9.72 Å². The van der Waals surface area contributed by atoms with Gasteiger partial charge in [-0.1, -0.05) is 6.07 Å². The number of nitrogens with one attached hydrogen (secondary N) is 1. The number of aromatic nitrogens is 1. The number of imide groups is 1. The molecule has 0 radical (unpaired) electrons. The summed E-state index contributed by atoms with van der Waals surface area (Å²) in [5.74, 6) is 0.203. The lowest BCUT2D eigenvalue weighted by molar-refractivity contribution is -0.136. The molecule has 3 saturated heterocycles. The van der Waals surface area contributed by atoms with Crippen LogP contribution in [0.4, 0.5) is 5.82 Å². The first-order valence-corrected chi connectivity index (χ1v) is 14.4. The Morgan fingerprint density at radius 1 is 0.951 bits per heavy atom. The van der Waals surface area contributed by atoms with Crippen LogP contribution in [0.1, 0.15) is 47.2 Å². The molecule has 1 atom stereocenters. The van der Waals surface area contributed by atoms with Gasteiger partial charge in [-0.05, 0) is 85.9 Å². The topological polar surface area (TPSA) is 115 Å². The number of amides is 3. The van der Waals surface area contributed by atoms with Crippen LogP contribution in [0.5, 0.6) is 5.75 Å². The number of fused-ring (bicyclic) bond motifs is 2. The number of aromatic hydroxyl groups is 1. The number of phenols is 1. The predicted molar refractivity (Wildman–Crippen MR) is 153 cm³/mol. The lowest BCUT2D eigenvalue weighted by Crippen LogP contribution is -2.52. The van der Waals surface area contributed by atoms with Gasteiger partial charge in [0.2, 0.25) is 11.8 Å². The largest absolute Gasteiger partial charge is 0.508 e. The summed E-state index contributed by atoms with van der Waals surface area (Å²) in [5.41, 5.74) is 3.70. The smallest absolute Gasteiger partial charge is 0.255 e. The number of carbonyl (C=O) groups is 3. The molecule has 7 rings (SSSR count). The Morgan fingerprint density at radius 2 is 1.76 bits per heavy atom. The van der Waals surface area contributed by atoms with E-state index < -0.39 is 11.9 Å². The minimum absolute atomic E-state index is 0.0941. The molecule has 0 saturated carbocycles. The van der Waals surface area contributed by atoms with Crippen LogP contribution in [-0.4, -0.2) is 83.0 Å². The zero-order valence-corrected chi connectivity index (χ0v) is 23.1. The SMILES string of the molecule is O=C1CCC(N2Cc3cc(O)ccc3C2=O)C(=O)N1.c1cc2nc(N3CCOCC3)ccc2cc1CN1CCCC1. The van der Waals surface area contributed by atoms with E-state index in [9.17, 15) is 19.5 Å². The summed E-state index contributed by atoms with van der Waals surface area (Å²) < 4.78 is 5.41. The molecule has 214 valence electrons. The number of hydrogen-bond donors (Lipinski definition) is 2. The van der Waals surface area contributed by atoms with E-state index in [1.807, 2.05) is 0 Å². The van der Waals surface area contributed by atoms with E-state index in [2.05, 4.69) is 45.4 Å². The van der Waals surface area contributed by atoms with Gasteiger partial charge in [0.1, 0.15) is 17.6 Å². The molecular weight excluding hydrogens is 522 g/mol. The van der Waals surface area contributed by atoms with Crippen molar-refractivity contribution in [2.45, 2.75) is 44.8 Å². The first-order chi connectivity index (χ1) is 19.9. The third-order valence-electron chi connectivity index (χ3n) is 8.19. The summed E-state index contributed by atoms with van der Waals surface area (Å²) in [6.07, 6.45) is 3.27. The number of pyridine rings is 1. The molecule has 4 aliphatic rings. The number of carbonyl (C=O) groups excluding carboxylic acids is 3. The van der Waals surface area contributed by atoms with Gasteiger partial charge >= 0.3 is 0 Å². The number of phenolic OH excluding ortho intramolecular Hbond substituents is 1. The number of ether oxygens (including phenoxy) is 1. The number of anilines is 1. The Hall–Kier alpha value is -4.02. The molecule has 10 nitrogen and oxygen atoms in total. The fourth-order valence-electron chi connectivity index (χ4n) is 5.99. The highest BCUT2D eigenvalue weighted by Gasteiger charge is 2.39. The van der Waals surface area contributed by atoms with Gasteiger partial charge in [-0.2, -0.15) is 0 Å². The van der Waals surface area contributed by atoms with Crippen LogP contribution >= 0.6 is 0 Å². The fraction of sp³-hybridized carbons (Fsp3) is 0.419. The third kappa shape index (κ3) is 6.03. The van der Waals surface area contributed by atoms with Crippen molar-refractivity contribution in [3.8, 4) is 5.75 Å². The lowest BCUT2D eigenvalue weighted by atomic mass is 10.0. The lowest BCUT2D eigenvalue weighted by Gasteiger charge is -2.29. The Kier molecular flexibility index (Phi) is 7.84. The number of hydrogen-bond acceptors (Lipinski definition) is 8. The van der Waals surface area contributed by atoms with Crippen molar-refractivity contribution >= 4 is 34.4 Å². The predicted octanol–water partition coefficient (Wildman–Crippen LogP) is 2.82. The Labute approximate surface area is 238 Å². The van der Waals surface area contributed by atoms with Gasteiger partial charge in [-0.15, -0.1) is 0 Å². The number of nitrogens with zero attached hydrogens (tertiary/aromatic N) is 4. The van der Waals surface area contributed by atoms with Crippen LogP contribution in [0.15, 0.2) is 48.5 Å². The zero-order valence-electron chi connectivity index (χ0n) is 23.1. The highest BCUT2D eigenvalue weighted by atomic mass is 16.5. The van der Waals surface area contributed by atoms with Crippen LogP contribution in [0.3, 0.4) is 0 Å². The highest BCUT2D eigenvalue weighted by Crippen LogP contribution is 2.29. The fourth-order valence-corrected chi connectivity index (χ4v) is 5.99. The molecule has 3 fully saturated rings. The van der Waals surface area contributed by atoms with Crippen LogP contribution in [0.25, 0.3) is 10.9 Å². The average Bonchev–Trinajstić information content (AvgIpc) is 3.61. The summed E-state index contributed by atoms with van der Waals surface area (Å²) in [7, 11) is 0. The minimum Gasteiger partial charge on any atom is -0.508 e. The van der Waals surface area contributed by atoms with E-state index in [-0.39, 0.29) is 30.5 Å². The Bertz CT molecular complexity index is 1460. The molecule has 0 bridgehead atoms. The zero-order chi connectivity index (χ0) is 28.3. The molecule has 2 N–H and O–H groups in total. The standard InChI is InChI=1S/C18H23N3O.C13H12N2O4/c1-2-8-20(7-1)14-15-3-5-17-16(13-15)4-6-18(19-17)21-9-11-22-12-10-21;16-8-1-2-9-7(5-8)6-15(13(9)19)10-3-4-11(17)14-12(10)18/h3-6,13H,1-2,7-12,14H2;1-2,5,10,16H,3-4,6H2,(H,14,17,18). The van der Waals surface area contributed by atoms with Gasteiger partial charge in [0.25, 0.3) is 5.91 Å². The van der Waals surface area contributed by atoms with E-state index in [0.717, 1.165) is 44.2 Å². The summed E-state index contributed by atoms with van der Waals surface area (Å²) in [4.78, 5) is 46.2. The first kappa shape index (κ1) is 27.2. The molecule has 4 aliphatic heterocycles. The molecular formula is C31H35N5O5. The van der Waals surface area contributed by atoms with Crippen molar-refractivity contribution in [2.24, 2.45) is 0 Å². The number of likely N-dealkylation sites (tertiary alicyclic amines) is 1. The van der Waals surface area contributed by atoms with Crippen molar-refractivity contribution in [2.75, 3.05) is 44.3 Å². The van der Waals surface area contributed by atoms with Gasteiger partial charge in [-0.3, -0.25) is 24.6 Å². The molecule has 3 aromatic rings. The molecule has 3 amide bonds. The van der Waals surface area contributed by atoms with Crippen LogP contribution < -0.4 is 10.2 Å². The first-order valence-electron chi connectivity index (χ1n) is 14.4. The third-order valence-corrected chi connectivity index (χ3v) is 8.19. The Balaban J connectivity index is 0.000000149. The van der Waals surface area contributed by atoms with E-state index in [1.54, 1.807) is 6.07 Å². The van der Waals surface area contributed by atoms with Crippen molar-refractivity contribution in [1.29, 1.82) is 0 Å². The summed E-state index contributed by atoms with van der Waals surface area (Å²) in [6, 6.07) is 15.0. The van der Waals surface area contributed by atoms with Gasteiger partial charge in [-0.25, -0.2) is 4.98 Å². The maximum Gasteiger partial charge on any atom is 0.255 e. The minimum atomic E-state index is -0.611. The molecule has 2 aromatic carbocycles. The van der Waals surface area contributed by atoms with Crippen molar-refractivity contribution in [3.05, 3.63) is 65.2 Å². The molecule has 5 heterocycles. The quantitative estimate of drug-likeness (QED) is 0.471. The second-order valence-corrected chi connectivity index (χ2v) is 11.0. The summed E-state index contributed by atoms with van der Waals surface area (Å²) >= 11 is 0. The molecule has 41 heavy (non-hydrogen) atoms. The van der Waals surface area contributed by atoms with Gasteiger partial charge in [0.15, 0.2) is 0 Å². The summed E-state index contributed by atoms with van der Waals surface area (Å²) in [5, 5.41) is 12.9. The molecule has 10 heteroatoms. The average molecular weight is 558 g/mol. The second-order valence-electron chi connectivity index (χ2n) is 11.0. The van der Waals surface area contributed by atoms with Crippen LogP contribution in [0.2, 0.25) is 0 Å². The van der Waals surface area contributed by atoms with Crippen molar-refractivity contribution < 1.29 is 24.2 Å². The highest BCUT2D eigenvalue weighted by molar-refractivity contribution is 6.05. The molecule has 0 spiro atoms. The molecule has 1 aromatic heterocycles. The van der Waals surface area contributed by atoms with Crippen LogP contribution in [0, 0.1) is 0 Å².